The first-order valence-corrected chi connectivity index (χ1v) is 10.9. The second-order valence-electron chi connectivity index (χ2n) is 7.03. The van der Waals surface area contributed by atoms with Gasteiger partial charge in [-0.05, 0) is 48.2 Å². The van der Waals surface area contributed by atoms with Crippen molar-refractivity contribution in [2.45, 2.75) is 23.7 Å². The largest absolute Gasteiger partial charge is 0.480 e. The summed E-state index contributed by atoms with van der Waals surface area (Å²) in [4.78, 5) is 13.9. The molecule has 1 amide bonds. The van der Waals surface area contributed by atoms with E-state index in [0.717, 1.165) is 22.2 Å². The van der Waals surface area contributed by atoms with E-state index in [1.165, 1.54) is 10.5 Å². The van der Waals surface area contributed by atoms with Crippen LogP contribution in [0.4, 0.5) is 5.69 Å². The van der Waals surface area contributed by atoms with Gasteiger partial charge in [0.1, 0.15) is 5.75 Å². The molecular weight excluding hydrogens is 390 g/mol. The fourth-order valence-electron chi connectivity index (χ4n) is 3.15. The molecule has 0 aliphatic rings. The zero-order chi connectivity index (χ0) is 20.8. The van der Waals surface area contributed by atoms with E-state index in [1.807, 2.05) is 84.9 Å². The number of nitrogens with one attached hydrogen (secondary N) is 1. The molecule has 3 nitrogen and oxygen atoms in total. The third-order valence-electron chi connectivity index (χ3n) is 4.79. The van der Waals surface area contributed by atoms with Crippen LogP contribution in [0.2, 0.25) is 0 Å². The van der Waals surface area contributed by atoms with Gasteiger partial charge in [0.05, 0.1) is 0 Å². The Kier molecular flexibility index (Phi) is 6.35. The van der Waals surface area contributed by atoms with Crippen LogP contribution in [0, 0.1) is 0 Å². The monoisotopic (exact) mass is 413 g/mol. The molecule has 4 aromatic carbocycles. The molecule has 0 aromatic heterocycles. The van der Waals surface area contributed by atoms with Crippen LogP contribution in [0.3, 0.4) is 0 Å². The number of hydrogen-bond donors (Lipinski definition) is 1. The van der Waals surface area contributed by atoms with E-state index in [9.17, 15) is 4.79 Å². The van der Waals surface area contributed by atoms with Crippen LogP contribution in [0.15, 0.2) is 102 Å². The van der Waals surface area contributed by atoms with Gasteiger partial charge in [-0.1, -0.05) is 66.7 Å². The lowest BCUT2D eigenvalue weighted by Crippen LogP contribution is -2.30. The molecule has 4 rings (SSSR count). The van der Waals surface area contributed by atoms with E-state index in [0.29, 0.717) is 5.75 Å². The molecule has 0 radical (unpaired) electrons. The maximum absolute atomic E-state index is 12.6. The Hall–Kier alpha value is -3.24. The molecule has 1 atom stereocenters. The summed E-state index contributed by atoms with van der Waals surface area (Å²) in [6.07, 6.45) is -0.607. The van der Waals surface area contributed by atoms with Gasteiger partial charge in [0, 0.05) is 21.7 Å². The molecule has 0 saturated heterocycles. The van der Waals surface area contributed by atoms with Crippen molar-refractivity contribution >= 4 is 34.1 Å². The number of rotatable bonds is 7. The number of carbonyl (C=O) groups excluding carboxylic acids is 1. The highest BCUT2D eigenvalue weighted by Crippen LogP contribution is 2.26. The van der Waals surface area contributed by atoms with Crippen LogP contribution in [-0.4, -0.2) is 12.0 Å². The van der Waals surface area contributed by atoms with E-state index in [-0.39, 0.29) is 5.91 Å². The van der Waals surface area contributed by atoms with Crippen molar-refractivity contribution in [3.05, 3.63) is 103 Å². The molecule has 0 heterocycles. The number of fused-ring (bicyclic) bond motifs is 1. The van der Waals surface area contributed by atoms with E-state index in [4.69, 9.17) is 4.74 Å². The van der Waals surface area contributed by atoms with Gasteiger partial charge in [-0.15, -0.1) is 11.8 Å². The lowest BCUT2D eigenvalue weighted by Gasteiger charge is -2.16. The summed E-state index contributed by atoms with van der Waals surface area (Å²) in [6, 6.07) is 32.1. The van der Waals surface area contributed by atoms with E-state index < -0.39 is 6.10 Å². The number of hydrogen-bond acceptors (Lipinski definition) is 3. The van der Waals surface area contributed by atoms with Crippen molar-refractivity contribution in [2.24, 2.45) is 0 Å². The average Bonchev–Trinajstić information content (AvgIpc) is 2.79. The summed E-state index contributed by atoms with van der Waals surface area (Å²) in [6.45, 7) is 1.77. The van der Waals surface area contributed by atoms with Gasteiger partial charge in [0.15, 0.2) is 6.10 Å². The number of carbonyl (C=O) groups is 1. The zero-order valence-electron chi connectivity index (χ0n) is 16.7. The van der Waals surface area contributed by atoms with Crippen LogP contribution in [0.1, 0.15) is 12.5 Å². The van der Waals surface area contributed by atoms with Crippen LogP contribution in [0.25, 0.3) is 10.8 Å². The number of amides is 1. The third-order valence-corrected chi connectivity index (χ3v) is 5.88. The molecular formula is C26H23NO2S. The lowest BCUT2D eigenvalue weighted by molar-refractivity contribution is -0.122. The molecule has 30 heavy (non-hydrogen) atoms. The number of ether oxygens (including phenoxy) is 1. The number of thioether (sulfide) groups is 1. The Morgan fingerprint density at radius 3 is 2.37 bits per heavy atom. The highest BCUT2D eigenvalue weighted by Gasteiger charge is 2.16. The van der Waals surface area contributed by atoms with Gasteiger partial charge in [0.25, 0.3) is 5.91 Å². The van der Waals surface area contributed by atoms with Crippen LogP contribution >= 0.6 is 11.8 Å². The maximum atomic E-state index is 12.6. The Balaban J connectivity index is 1.35. The average molecular weight is 414 g/mol. The van der Waals surface area contributed by atoms with Gasteiger partial charge in [-0.25, -0.2) is 0 Å². The molecule has 4 heteroatoms. The van der Waals surface area contributed by atoms with Crippen molar-refractivity contribution in [2.75, 3.05) is 5.32 Å². The summed E-state index contributed by atoms with van der Waals surface area (Å²) >= 11 is 1.79. The van der Waals surface area contributed by atoms with E-state index in [1.54, 1.807) is 18.7 Å². The molecule has 0 fully saturated rings. The first-order valence-electron chi connectivity index (χ1n) is 9.91. The smallest absolute Gasteiger partial charge is 0.265 e. The molecule has 1 N–H and O–H groups in total. The van der Waals surface area contributed by atoms with Crippen LogP contribution in [-0.2, 0) is 10.5 Å². The number of anilines is 1. The standard InChI is InChI=1S/C26H23NO2S/c1-19(29-25-13-7-9-21-8-5-6-12-24(21)25)26(28)27-22-16-14-20(15-17-22)18-30-23-10-3-2-4-11-23/h2-17,19H,18H2,1H3,(H,27,28)/t19-/m1/s1. The Labute approximate surface area is 181 Å². The highest BCUT2D eigenvalue weighted by atomic mass is 32.2. The molecule has 4 aromatic rings. The minimum atomic E-state index is -0.607. The van der Waals surface area contributed by atoms with Crippen molar-refractivity contribution < 1.29 is 9.53 Å². The maximum Gasteiger partial charge on any atom is 0.265 e. The third kappa shape index (κ3) is 5.02. The Morgan fingerprint density at radius 2 is 1.57 bits per heavy atom. The fraction of sp³-hybridized carbons (Fsp3) is 0.115. The Bertz CT molecular complexity index is 1120. The summed E-state index contributed by atoms with van der Waals surface area (Å²) < 4.78 is 5.96. The highest BCUT2D eigenvalue weighted by molar-refractivity contribution is 7.98. The van der Waals surface area contributed by atoms with E-state index in [2.05, 4.69) is 17.4 Å². The van der Waals surface area contributed by atoms with Gasteiger partial charge in [0.2, 0.25) is 0 Å². The summed E-state index contributed by atoms with van der Waals surface area (Å²) in [5.74, 6) is 1.43. The summed E-state index contributed by atoms with van der Waals surface area (Å²) in [7, 11) is 0. The normalized spacial score (nSPS) is 11.8. The minimum absolute atomic E-state index is 0.172. The minimum Gasteiger partial charge on any atom is -0.480 e. The first-order chi connectivity index (χ1) is 14.7. The van der Waals surface area contributed by atoms with Crippen molar-refractivity contribution in [1.29, 1.82) is 0 Å². The molecule has 0 bridgehead atoms. The zero-order valence-corrected chi connectivity index (χ0v) is 17.6. The molecule has 0 saturated carbocycles. The summed E-state index contributed by atoms with van der Waals surface area (Å²) in [5, 5.41) is 5.03. The number of benzene rings is 4. The molecule has 150 valence electrons. The van der Waals surface area contributed by atoms with Gasteiger partial charge < -0.3 is 10.1 Å². The van der Waals surface area contributed by atoms with Crippen molar-refractivity contribution in [3.63, 3.8) is 0 Å². The van der Waals surface area contributed by atoms with E-state index >= 15 is 0 Å². The quantitative estimate of drug-likeness (QED) is 0.350. The lowest BCUT2D eigenvalue weighted by atomic mass is 10.1. The van der Waals surface area contributed by atoms with Gasteiger partial charge >= 0.3 is 0 Å². The predicted molar refractivity (Wildman–Crippen MR) is 125 cm³/mol. The van der Waals surface area contributed by atoms with Gasteiger partial charge in [-0.3, -0.25) is 4.79 Å². The van der Waals surface area contributed by atoms with Crippen LogP contribution < -0.4 is 10.1 Å². The van der Waals surface area contributed by atoms with Gasteiger partial charge in [-0.2, -0.15) is 0 Å². The summed E-state index contributed by atoms with van der Waals surface area (Å²) in [5.41, 5.74) is 1.98. The molecule has 0 unspecified atom stereocenters. The van der Waals surface area contributed by atoms with Crippen LogP contribution in [0.5, 0.6) is 5.75 Å². The molecule has 0 aliphatic heterocycles. The predicted octanol–water partition coefficient (Wildman–Crippen LogP) is 6.54. The van der Waals surface area contributed by atoms with Crippen molar-refractivity contribution in [3.8, 4) is 5.75 Å². The SMILES string of the molecule is C[C@@H](Oc1cccc2ccccc12)C(=O)Nc1ccc(CSc2ccccc2)cc1. The first kappa shape index (κ1) is 20.0. The van der Waals surface area contributed by atoms with Crippen molar-refractivity contribution in [1.82, 2.24) is 0 Å². The second kappa shape index (κ2) is 9.51. The topological polar surface area (TPSA) is 38.3 Å². The molecule has 0 spiro atoms. The molecule has 0 aliphatic carbocycles. The fourth-order valence-corrected chi connectivity index (χ4v) is 4.03. The second-order valence-corrected chi connectivity index (χ2v) is 8.07. The Morgan fingerprint density at radius 1 is 0.867 bits per heavy atom.